The van der Waals surface area contributed by atoms with Crippen LogP contribution in [0.4, 0.5) is 0 Å². The minimum absolute atomic E-state index is 0.00671. The molecule has 4 nitrogen and oxygen atoms in total. The number of aromatic nitrogens is 2. The maximum Gasteiger partial charge on any atom is 0.253 e. The molecule has 2 aromatic heterocycles. The lowest BCUT2D eigenvalue weighted by molar-refractivity contribution is 0.0946. The molecule has 0 saturated heterocycles. The molecule has 2 N–H and O–H groups in total. The molecular formula is C26H27N3O. The molecular weight excluding hydrogens is 370 g/mol. The third-order valence-electron chi connectivity index (χ3n) is 6.37. The summed E-state index contributed by atoms with van der Waals surface area (Å²) in [6.45, 7) is 0.691. The second-order valence-electron chi connectivity index (χ2n) is 8.35. The molecule has 3 heterocycles. The van der Waals surface area contributed by atoms with Crippen molar-refractivity contribution >= 4 is 18.1 Å². The van der Waals surface area contributed by atoms with Crippen LogP contribution in [0.5, 0.6) is 0 Å². The Bertz CT molecular complexity index is 1090. The van der Waals surface area contributed by atoms with Crippen LogP contribution in [-0.2, 0) is 6.42 Å². The summed E-state index contributed by atoms with van der Waals surface area (Å²) in [7, 11) is 0. The molecule has 0 radical (unpaired) electrons. The quantitative estimate of drug-likeness (QED) is 0.604. The number of amides is 1. The van der Waals surface area contributed by atoms with Gasteiger partial charge < -0.3 is 10.3 Å². The highest BCUT2D eigenvalue weighted by Crippen LogP contribution is 2.35. The van der Waals surface area contributed by atoms with Gasteiger partial charge in [0.25, 0.3) is 5.91 Å². The van der Waals surface area contributed by atoms with Crippen LogP contribution < -0.4 is 5.32 Å². The van der Waals surface area contributed by atoms with Crippen molar-refractivity contribution in [3.8, 4) is 11.3 Å². The van der Waals surface area contributed by atoms with Gasteiger partial charge in [-0.15, -0.1) is 0 Å². The number of fused-ring (bicyclic) bond motifs is 1. The Hall–Kier alpha value is -3.14. The van der Waals surface area contributed by atoms with Crippen LogP contribution in [-0.4, -0.2) is 22.4 Å². The first kappa shape index (κ1) is 18.9. The Morgan fingerprint density at radius 1 is 1.00 bits per heavy atom. The van der Waals surface area contributed by atoms with Crippen molar-refractivity contribution in [2.24, 2.45) is 0 Å². The summed E-state index contributed by atoms with van der Waals surface area (Å²) in [4.78, 5) is 20.0. The lowest BCUT2D eigenvalue weighted by Gasteiger charge is -2.23. The summed E-state index contributed by atoms with van der Waals surface area (Å²) in [6, 6.07) is 14.8. The van der Waals surface area contributed by atoms with Crippen LogP contribution in [0.15, 0.2) is 48.7 Å². The first-order valence-corrected chi connectivity index (χ1v) is 11.0. The number of carbonyl (C=O) groups excluding carboxylic acids is 1. The predicted molar refractivity (Wildman–Crippen MR) is 121 cm³/mol. The number of nitrogens with zero attached hydrogens (tertiary/aromatic N) is 1. The number of benzene rings is 1. The normalized spacial score (nSPS) is 17.1. The average molecular weight is 398 g/mol. The number of H-pyrrole nitrogens is 1. The van der Waals surface area contributed by atoms with Crippen LogP contribution in [0.3, 0.4) is 0 Å². The van der Waals surface area contributed by atoms with Gasteiger partial charge in [-0.2, -0.15) is 0 Å². The number of rotatable bonds is 4. The molecule has 152 valence electrons. The molecule has 1 aliphatic carbocycles. The number of nitrogens with one attached hydrogen (secondary N) is 2. The van der Waals surface area contributed by atoms with E-state index in [0.717, 1.165) is 34.6 Å². The van der Waals surface area contributed by atoms with E-state index in [9.17, 15) is 4.79 Å². The van der Waals surface area contributed by atoms with E-state index < -0.39 is 0 Å². The number of hydrogen-bond acceptors (Lipinski definition) is 2. The van der Waals surface area contributed by atoms with Crippen molar-refractivity contribution in [2.45, 2.75) is 44.4 Å². The second-order valence-corrected chi connectivity index (χ2v) is 8.35. The number of carbonyl (C=O) groups is 1. The zero-order valence-electron chi connectivity index (χ0n) is 17.2. The molecule has 1 saturated carbocycles. The third kappa shape index (κ3) is 3.82. The lowest BCUT2D eigenvalue weighted by atomic mass is 9.82. The van der Waals surface area contributed by atoms with Gasteiger partial charge in [0.05, 0.1) is 11.3 Å². The first-order chi connectivity index (χ1) is 14.8. The SMILES string of the molecule is O=C1NCCc2[nH]c(-c3ccnc(C=Cc4ccccc4C4CCCCC4)c3)cc21. The van der Waals surface area contributed by atoms with Crippen LogP contribution >= 0.6 is 0 Å². The zero-order chi connectivity index (χ0) is 20.3. The molecule has 5 rings (SSSR count). The highest BCUT2D eigenvalue weighted by atomic mass is 16.1. The summed E-state index contributed by atoms with van der Waals surface area (Å²) in [5.74, 6) is 0.683. The summed E-state index contributed by atoms with van der Waals surface area (Å²) in [6.07, 6.45) is 13.6. The van der Waals surface area contributed by atoms with E-state index in [1.165, 1.54) is 43.2 Å². The molecule has 1 aromatic carbocycles. The fourth-order valence-electron chi connectivity index (χ4n) is 4.78. The van der Waals surface area contributed by atoms with Crippen molar-refractivity contribution in [3.05, 3.63) is 76.7 Å². The molecule has 0 atom stereocenters. The van der Waals surface area contributed by atoms with Crippen molar-refractivity contribution in [2.75, 3.05) is 6.54 Å². The monoisotopic (exact) mass is 397 g/mol. The Balaban J connectivity index is 1.41. The fourth-order valence-corrected chi connectivity index (χ4v) is 4.78. The van der Waals surface area contributed by atoms with Gasteiger partial charge in [-0.3, -0.25) is 9.78 Å². The molecule has 1 fully saturated rings. The number of aromatic amines is 1. The van der Waals surface area contributed by atoms with E-state index in [4.69, 9.17) is 0 Å². The van der Waals surface area contributed by atoms with Gasteiger partial charge >= 0.3 is 0 Å². The van der Waals surface area contributed by atoms with Crippen LogP contribution in [0.25, 0.3) is 23.4 Å². The van der Waals surface area contributed by atoms with Gasteiger partial charge in [-0.05, 0) is 54.2 Å². The summed E-state index contributed by atoms with van der Waals surface area (Å²) >= 11 is 0. The minimum Gasteiger partial charge on any atom is -0.358 e. The van der Waals surface area contributed by atoms with E-state index in [2.05, 4.69) is 57.8 Å². The van der Waals surface area contributed by atoms with Crippen LogP contribution in [0.2, 0.25) is 0 Å². The number of pyridine rings is 1. The lowest BCUT2D eigenvalue weighted by Crippen LogP contribution is -2.31. The second kappa shape index (κ2) is 8.31. The van der Waals surface area contributed by atoms with Crippen molar-refractivity contribution < 1.29 is 4.79 Å². The van der Waals surface area contributed by atoms with Gasteiger partial charge in [0.15, 0.2) is 0 Å². The molecule has 1 amide bonds. The van der Waals surface area contributed by atoms with Gasteiger partial charge in [0, 0.05) is 36.1 Å². The molecule has 0 unspecified atom stereocenters. The Morgan fingerprint density at radius 2 is 1.87 bits per heavy atom. The summed E-state index contributed by atoms with van der Waals surface area (Å²) in [5, 5.41) is 2.90. The molecule has 4 heteroatoms. The maximum atomic E-state index is 12.1. The van der Waals surface area contributed by atoms with E-state index >= 15 is 0 Å². The Labute approximate surface area is 177 Å². The van der Waals surface area contributed by atoms with Gasteiger partial charge in [0.2, 0.25) is 0 Å². The zero-order valence-corrected chi connectivity index (χ0v) is 17.2. The topological polar surface area (TPSA) is 57.8 Å². The summed E-state index contributed by atoms with van der Waals surface area (Å²) < 4.78 is 0. The molecule has 2 aliphatic rings. The van der Waals surface area contributed by atoms with Crippen LogP contribution in [0, 0.1) is 0 Å². The van der Waals surface area contributed by atoms with Crippen molar-refractivity contribution in [1.29, 1.82) is 0 Å². The standard InChI is InChI=1S/C26H27N3O/c30-26-23-17-25(29-24(23)13-15-28-26)20-12-14-27-21(16-20)11-10-19-8-4-5-9-22(19)18-6-2-1-3-7-18/h4-5,8-12,14,16-18,29H,1-3,6-7,13,15H2,(H,28,30). The predicted octanol–water partition coefficient (Wildman–Crippen LogP) is 5.58. The number of hydrogen-bond donors (Lipinski definition) is 2. The van der Waals surface area contributed by atoms with Gasteiger partial charge in [0.1, 0.15) is 0 Å². The largest absolute Gasteiger partial charge is 0.358 e. The molecule has 30 heavy (non-hydrogen) atoms. The Kier molecular flexibility index (Phi) is 5.22. The average Bonchev–Trinajstić information content (AvgIpc) is 3.25. The van der Waals surface area contributed by atoms with Gasteiger partial charge in [-0.1, -0.05) is 49.6 Å². The smallest absolute Gasteiger partial charge is 0.253 e. The van der Waals surface area contributed by atoms with E-state index in [1.54, 1.807) is 0 Å². The van der Waals surface area contributed by atoms with E-state index in [-0.39, 0.29) is 5.91 Å². The van der Waals surface area contributed by atoms with E-state index in [1.807, 2.05) is 18.3 Å². The molecule has 0 spiro atoms. The molecule has 0 bridgehead atoms. The highest BCUT2D eigenvalue weighted by Gasteiger charge is 2.20. The van der Waals surface area contributed by atoms with Crippen molar-refractivity contribution in [1.82, 2.24) is 15.3 Å². The maximum absolute atomic E-state index is 12.1. The minimum atomic E-state index is 0.00671. The molecule has 1 aliphatic heterocycles. The van der Waals surface area contributed by atoms with Gasteiger partial charge in [-0.25, -0.2) is 0 Å². The van der Waals surface area contributed by atoms with E-state index in [0.29, 0.717) is 12.5 Å². The third-order valence-corrected chi connectivity index (χ3v) is 6.37. The first-order valence-electron chi connectivity index (χ1n) is 11.0. The molecule has 3 aromatic rings. The Morgan fingerprint density at radius 3 is 2.73 bits per heavy atom. The highest BCUT2D eigenvalue weighted by molar-refractivity contribution is 5.97. The van der Waals surface area contributed by atoms with Crippen LogP contribution in [0.1, 0.15) is 70.9 Å². The fraction of sp³-hybridized carbons (Fsp3) is 0.308. The van der Waals surface area contributed by atoms with Crippen molar-refractivity contribution in [3.63, 3.8) is 0 Å². The summed E-state index contributed by atoms with van der Waals surface area (Å²) in [5.41, 5.74) is 7.47.